The highest BCUT2D eigenvalue weighted by Crippen LogP contribution is 2.19. The van der Waals surface area contributed by atoms with E-state index in [0.717, 1.165) is 21.1 Å². The van der Waals surface area contributed by atoms with Gasteiger partial charge in [0.25, 0.3) is 0 Å². The fraction of sp³-hybridized carbons (Fsp3) is 0.286. The van der Waals surface area contributed by atoms with Gasteiger partial charge in [0.15, 0.2) is 0 Å². The number of hydrogen-bond acceptors (Lipinski definition) is 5. The lowest BCUT2D eigenvalue weighted by Crippen LogP contribution is -2.07. The van der Waals surface area contributed by atoms with Gasteiger partial charge >= 0.3 is 5.97 Å². The molecule has 0 spiro atoms. The maximum Gasteiger partial charge on any atom is 0.338 e. The number of thiazole rings is 1. The van der Waals surface area contributed by atoms with Crippen LogP contribution in [-0.2, 0) is 11.3 Å². The van der Waals surface area contributed by atoms with E-state index >= 15 is 0 Å². The van der Waals surface area contributed by atoms with Crippen molar-refractivity contribution >= 4 is 23.0 Å². The summed E-state index contributed by atoms with van der Waals surface area (Å²) in [7, 11) is 0. The maximum absolute atomic E-state index is 12.0. The summed E-state index contributed by atoms with van der Waals surface area (Å²) in [5.41, 5.74) is 8.57. The molecule has 1 aromatic heterocycles. The van der Waals surface area contributed by atoms with E-state index < -0.39 is 0 Å². The third-order valence-corrected chi connectivity index (χ3v) is 3.93. The van der Waals surface area contributed by atoms with Gasteiger partial charge in [-0.05, 0) is 38.5 Å². The summed E-state index contributed by atoms with van der Waals surface area (Å²) in [5, 5.41) is 0.810. The first-order valence-corrected chi connectivity index (χ1v) is 6.75. The Bertz CT molecular complexity index is 600. The first kappa shape index (κ1) is 13.5. The van der Waals surface area contributed by atoms with Crippen LogP contribution < -0.4 is 5.73 Å². The standard InChI is InChI=1S/C14H16N2O2S/c1-8-4-5-11(15)6-12(8)14(17)18-7-13-16-9(2)10(3)19-13/h4-6H,7,15H2,1-3H3. The Balaban J connectivity index is 2.07. The minimum atomic E-state index is -0.365. The van der Waals surface area contributed by atoms with E-state index in [2.05, 4.69) is 4.98 Å². The highest BCUT2D eigenvalue weighted by atomic mass is 32.1. The number of aromatic nitrogens is 1. The Morgan fingerprint density at radius 1 is 1.37 bits per heavy atom. The molecular formula is C14H16N2O2S. The van der Waals surface area contributed by atoms with Gasteiger partial charge < -0.3 is 10.5 Å². The molecule has 0 unspecified atom stereocenters. The van der Waals surface area contributed by atoms with Crippen molar-refractivity contribution in [2.24, 2.45) is 0 Å². The first-order valence-electron chi connectivity index (χ1n) is 5.93. The fourth-order valence-corrected chi connectivity index (χ4v) is 2.51. The van der Waals surface area contributed by atoms with Gasteiger partial charge in [0.05, 0.1) is 11.3 Å². The van der Waals surface area contributed by atoms with Crippen molar-refractivity contribution in [3.63, 3.8) is 0 Å². The topological polar surface area (TPSA) is 65.2 Å². The van der Waals surface area contributed by atoms with Crippen LogP contribution in [0.5, 0.6) is 0 Å². The van der Waals surface area contributed by atoms with Crippen molar-refractivity contribution in [1.29, 1.82) is 0 Å². The molecule has 2 N–H and O–H groups in total. The normalized spacial score (nSPS) is 10.5. The molecule has 5 heteroatoms. The van der Waals surface area contributed by atoms with E-state index in [1.807, 2.05) is 26.8 Å². The minimum absolute atomic E-state index is 0.201. The van der Waals surface area contributed by atoms with Crippen molar-refractivity contribution < 1.29 is 9.53 Å². The Hall–Kier alpha value is -1.88. The highest BCUT2D eigenvalue weighted by Gasteiger charge is 2.12. The summed E-state index contributed by atoms with van der Waals surface area (Å²) >= 11 is 1.55. The van der Waals surface area contributed by atoms with Crippen LogP contribution in [0.2, 0.25) is 0 Å². The second-order valence-corrected chi connectivity index (χ2v) is 5.69. The van der Waals surface area contributed by atoms with Crippen LogP contribution in [0.25, 0.3) is 0 Å². The van der Waals surface area contributed by atoms with Crippen molar-refractivity contribution in [3.8, 4) is 0 Å². The summed E-state index contributed by atoms with van der Waals surface area (Å²) < 4.78 is 5.27. The molecule has 0 fully saturated rings. The SMILES string of the molecule is Cc1ccc(N)cc1C(=O)OCc1nc(C)c(C)s1. The second kappa shape index (κ2) is 5.40. The fourth-order valence-electron chi connectivity index (χ4n) is 1.67. The molecular weight excluding hydrogens is 260 g/mol. The smallest absolute Gasteiger partial charge is 0.338 e. The van der Waals surface area contributed by atoms with E-state index in [0.29, 0.717) is 11.3 Å². The molecule has 0 radical (unpaired) electrons. The van der Waals surface area contributed by atoms with Gasteiger partial charge in [0.2, 0.25) is 0 Å². The Labute approximate surface area is 116 Å². The Morgan fingerprint density at radius 2 is 2.11 bits per heavy atom. The number of carbonyl (C=O) groups excluding carboxylic acids is 1. The average Bonchev–Trinajstić information content (AvgIpc) is 2.69. The molecule has 2 aromatic rings. The van der Waals surface area contributed by atoms with E-state index in [-0.39, 0.29) is 12.6 Å². The molecule has 0 amide bonds. The summed E-state index contributed by atoms with van der Waals surface area (Å²) in [6, 6.07) is 5.21. The van der Waals surface area contributed by atoms with Crippen molar-refractivity contribution in [1.82, 2.24) is 4.98 Å². The largest absolute Gasteiger partial charge is 0.455 e. The van der Waals surface area contributed by atoms with E-state index in [4.69, 9.17) is 10.5 Å². The van der Waals surface area contributed by atoms with Gasteiger partial charge in [0, 0.05) is 10.6 Å². The third kappa shape index (κ3) is 3.12. The number of anilines is 1. The zero-order valence-electron chi connectivity index (χ0n) is 11.2. The van der Waals surface area contributed by atoms with E-state index in [1.165, 1.54) is 0 Å². The van der Waals surface area contributed by atoms with Crippen LogP contribution in [0, 0.1) is 20.8 Å². The van der Waals surface area contributed by atoms with Gasteiger partial charge in [-0.3, -0.25) is 0 Å². The van der Waals surface area contributed by atoms with Crippen LogP contribution >= 0.6 is 11.3 Å². The number of nitrogens with two attached hydrogens (primary N) is 1. The summed E-state index contributed by atoms with van der Waals surface area (Å²) in [6.07, 6.45) is 0. The average molecular weight is 276 g/mol. The van der Waals surface area contributed by atoms with Crippen molar-refractivity contribution in [2.45, 2.75) is 27.4 Å². The quantitative estimate of drug-likeness (QED) is 0.691. The monoisotopic (exact) mass is 276 g/mol. The predicted molar refractivity (Wildman–Crippen MR) is 76.3 cm³/mol. The molecule has 4 nitrogen and oxygen atoms in total. The number of ether oxygens (including phenoxy) is 1. The Morgan fingerprint density at radius 3 is 2.74 bits per heavy atom. The molecule has 0 aliphatic rings. The molecule has 1 aromatic carbocycles. The number of nitrogen functional groups attached to an aromatic ring is 1. The molecule has 100 valence electrons. The molecule has 0 saturated heterocycles. The van der Waals surface area contributed by atoms with Crippen LogP contribution in [0.1, 0.15) is 31.5 Å². The molecule has 0 saturated carbocycles. The van der Waals surface area contributed by atoms with Crippen LogP contribution in [-0.4, -0.2) is 11.0 Å². The van der Waals surface area contributed by atoms with Crippen molar-refractivity contribution in [3.05, 3.63) is 44.9 Å². The number of hydrogen-bond donors (Lipinski definition) is 1. The molecule has 0 atom stereocenters. The van der Waals surface area contributed by atoms with Crippen LogP contribution in [0.4, 0.5) is 5.69 Å². The first-order chi connectivity index (χ1) is 8.97. The van der Waals surface area contributed by atoms with E-state index in [9.17, 15) is 4.79 Å². The van der Waals surface area contributed by atoms with Gasteiger partial charge in [0.1, 0.15) is 11.6 Å². The predicted octanol–water partition coefficient (Wildman–Crippen LogP) is 3.01. The number of esters is 1. The lowest BCUT2D eigenvalue weighted by atomic mass is 10.1. The van der Waals surface area contributed by atoms with Crippen LogP contribution in [0.15, 0.2) is 18.2 Å². The number of nitrogens with zero attached hydrogens (tertiary/aromatic N) is 1. The number of benzene rings is 1. The second-order valence-electron chi connectivity index (χ2n) is 4.40. The summed E-state index contributed by atoms with van der Waals surface area (Å²) in [4.78, 5) is 17.5. The lowest BCUT2D eigenvalue weighted by molar-refractivity contribution is 0.0471. The van der Waals surface area contributed by atoms with E-state index in [1.54, 1.807) is 23.5 Å². The van der Waals surface area contributed by atoms with Gasteiger partial charge in [-0.15, -0.1) is 11.3 Å². The highest BCUT2D eigenvalue weighted by molar-refractivity contribution is 7.11. The molecule has 2 rings (SSSR count). The minimum Gasteiger partial charge on any atom is -0.455 e. The maximum atomic E-state index is 12.0. The molecule has 19 heavy (non-hydrogen) atoms. The molecule has 0 bridgehead atoms. The number of carbonyl (C=O) groups is 1. The van der Waals surface area contributed by atoms with Crippen molar-refractivity contribution in [2.75, 3.05) is 5.73 Å². The number of rotatable bonds is 3. The van der Waals surface area contributed by atoms with Gasteiger partial charge in [-0.1, -0.05) is 6.07 Å². The molecule has 1 heterocycles. The zero-order valence-corrected chi connectivity index (χ0v) is 12.0. The summed E-state index contributed by atoms with van der Waals surface area (Å²) in [5.74, 6) is -0.365. The lowest BCUT2D eigenvalue weighted by Gasteiger charge is -2.06. The molecule has 0 aliphatic carbocycles. The molecule has 0 aliphatic heterocycles. The number of aryl methyl sites for hydroxylation is 3. The van der Waals surface area contributed by atoms with Gasteiger partial charge in [-0.2, -0.15) is 0 Å². The third-order valence-electron chi connectivity index (χ3n) is 2.88. The zero-order chi connectivity index (χ0) is 14.0. The summed E-state index contributed by atoms with van der Waals surface area (Å²) in [6.45, 7) is 6.00. The van der Waals surface area contributed by atoms with Crippen LogP contribution in [0.3, 0.4) is 0 Å². The van der Waals surface area contributed by atoms with Gasteiger partial charge in [-0.25, -0.2) is 9.78 Å². The Kier molecular flexibility index (Phi) is 3.85.